The molecule has 0 saturated carbocycles. The average molecular weight is 240 g/mol. The van der Waals surface area contributed by atoms with Gasteiger partial charge < -0.3 is 11.5 Å². The molecule has 0 heterocycles. The SMILES string of the molecule is Cc1ccc(N=Nc2ccc(C)c(N)c2)cc1N. The fourth-order valence-corrected chi connectivity index (χ4v) is 1.50. The smallest absolute Gasteiger partial charge is 0.0877 e. The average Bonchev–Trinajstić information content (AvgIpc) is 2.35. The molecule has 2 aromatic rings. The molecule has 0 fully saturated rings. The molecule has 4 nitrogen and oxygen atoms in total. The number of rotatable bonds is 2. The lowest BCUT2D eigenvalue weighted by molar-refractivity contribution is 1.22. The van der Waals surface area contributed by atoms with Gasteiger partial charge in [0.1, 0.15) is 0 Å². The molecule has 0 unspecified atom stereocenters. The van der Waals surface area contributed by atoms with E-state index in [1.807, 2.05) is 38.1 Å². The third-order valence-corrected chi connectivity index (χ3v) is 2.81. The Bertz CT molecular complexity index is 549. The second-order valence-electron chi connectivity index (χ2n) is 4.28. The number of azo groups is 1. The van der Waals surface area contributed by atoms with Crippen LogP contribution in [0.1, 0.15) is 11.1 Å². The van der Waals surface area contributed by atoms with Crippen molar-refractivity contribution in [3.63, 3.8) is 0 Å². The van der Waals surface area contributed by atoms with Crippen LogP contribution in [-0.4, -0.2) is 0 Å². The zero-order valence-electron chi connectivity index (χ0n) is 10.5. The zero-order chi connectivity index (χ0) is 13.1. The minimum Gasteiger partial charge on any atom is -0.398 e. The van der Waals surface area contributed by atoms with Gasteiger partial charge in [0.15, 0.2) is 0 Å². The normalized spacial score (nSPS) is 11.0. The van der Waals surface area contributed by atoms with E-state index in [2.05, 4.69) is 10.2 Å². The summed E-state index contributed by atoms with van der Waals surface area (Å²) in [6.45, 7) is 3.91. The Morgan fingerprint density at radius 3 is 1.44 bits per heavy atom. The molecule has 0 atom stereocenters. The Kier molecular flexibility index (Phi) is 3.28. The van der Waals surface area contributed by atoms with Crippen molar-refractivity contribution >= 4 is 22.7 Å². The summed E-state index contributed by atoms with van der Waals surface area (Å²) in [4.78, 5) is 0. The first-order valence-electron chi connectivity index (χ1n) is 5.70. The van der Waals surface area contributed by atoms with Gasteiger partial charge >= 0.3 is 0 Å². The lowest BCUT2D eigenvalue weighted by Crippen LogP contribution is -1.87. The highest BCUT2D eigenvalue weighted by Crippen LogP contribution is 2.24. The van der Waals surface area contributed by atoms with E-state index in [4.69, 9.17) is 11.5 Å². The number of hydrogen-bond donors (Lipinski definition) is 2. The van der Waals surface area contributed by atoms with Crippen molar-refractivity contribution < 1.29 is 0 Å². The number of hydrogen-bond acceptors (Lipinski definition) is 4. The van der Waals surface area contributed by atoms with Crippen molar-refractivity contribution in [1.82, 2.24) is 0 Å². The first-order valence-corrected chi connectivity index (χ1v) is 5.70. The topological polar surface area (TPSA) is 76.8 Å². The standard InChI is InChI=1S/C14H16N4/c1-9-3-5-11(7-13(9)15)17-18-12-6-4-10(2)14(16)8-12/h3-8H,15-16H2,1-2H3. The molecule has 18 heavy (non-hydrogen) atoms. The van der Waals surface area contributed by atoms with Crippen LogP contribution in [0.2, 0.25) is 0 Å². The fourth-order valence-electron chi connectivity index (χ4n) is 1.50. The summed E-state index contributed by atoms with van der Waals surface area (Å²) in [6, 6.07) is 11.2. The van der Waals surface area contributed by atoms with Gasteiger partial charge in [-0.1, -0.05) is 12.1 Å². The summed E-state index contributed by atoms with van der Waals surface area (Å²) in [5.41, 5.74) is 16.6. The molecule has 4 heteroatoms. The lowest BCUT2D eigenvalue weighted by atomic mass is 10.2. The Labute approximate surface area is 106 Å². The molecule has 2 rings (SSSR count). The van der Waals surface area contributed by atoms with Gasteiger partial charge in [-0.05, 0) is 49.2 Å². The third-order valence-electron chi connectivity index (χ3n) is 2.81. The van der Waals surface area contributed by atoms with Crippen LogP contribution in [0.3, 0.4) is 0 Å². The van der Waals surface area contributed by atoms with Crippen LogP contribution in [0.5, 0.6) is 0 Å². The van der Waals surface area contributed by atoms with Crippen LogP contribution >= 0.6 is 0 Å². The number of nitrogens with two attached hydrogens (primary N) is 2. The first-order chi connectivity index (χ1) is 8.56. The molecule has 92 valence electrons. The van der Waals surface area contributed by atoms with Gasteiger partial charge in [0.25, 0.3) is 0 Å². The molecule has 2 aromatic carbocycles. The third kappa shape index (κ3) is 2.66. The van der Waals surface area contributed by atoms with E-state index in [0.717, 1.165) is 33.9 Å². The maximum absolute atomic E-state index is 5.81. The highest BCUT2D eigenvalue weighted by Gasteiger charge is 1.97. The summed E-state index contributed by atoms with van der Waals surface area (Å²) in [5.74, 6) is 0. The Morgan fingerprint density at radius 2 is 1.11 bits per heavy atom. The van der Waals surface area contributed by atoms with Crippen molar-refractivity contribution in [3.8, 4) is 0 Å². The number of nitrogens with zero attached hydrogens (tertiary/aromatic N) is 2. The van der Waals surface area contributed by atoms with Gasteiger partial charge in [0, 0.05) is 11.4 Å². The predicted molar refractivity (Wildman–Crippen MR) is 75.4 cm³/mol. The summed E-state index contributed by atoms with van der Waals surface area (Å²) in [7, 11) is 0. The monoisotopic (exact) mass is 240 g/mol. The van der Waals surface area contributed by atoms with Gasteiger partial charge in [0.05, 0.1) is 11.4 Å². The molecule has 0 aromatic heterocycles. The van der Waals surface area contributed by atoms with Gasteiger partial charge in [-0.3, -0.25) is 0 Å². The van der Waals surface area contributed by atoms with Crippen LogP contribution in [0.4, 0.5) is 22.7 Å². The summed E-state index contributed by atoms with van der Waals surface area (Å²) < 4.78 is 0. The number of aryl methyl sites for hydroxylation is 2. The van der Waals surface area contributed by atoms with Gasteiger partial charge in [-0.2, -0.15) is 10.2 Å². The van der Waals surface area contributed by atoms with Crippen molar-refractivity contribution in [1.29, 1.82) is 0 Å². The molecule has 0 aliphatic carbocycles. The van der Waals surface area contributed by atoms with Crippen LogP contribution in [0.15, 0.2) is 46.6 Å². The maximum atomic E-state index is 5.81. The van der Waals surface area contributed by atoms with Crippen LogP contribution in [-0.2, 0) is 0 Å². The molecule has 0 amide bonds. The van der Waals surface area contributed by atoms with Gasteiger partial charge in [-0.25, -0.2) is 0 Å². The predicted octanol–water partition coefficient (Wildman–Crippen LogP) is 3.88. The van der Waals surface area contributed by atoms with E-state index in [-0.39, 0.29) is 0 Å². The largest absolute Gasteiger partial charge is 0.398 e. The van der Waals surface area contributed by atoms with Crippen molar-refractivity contribution in [3.05, 3.63) is 47.5 Å². The van der Waals surface area contributed by atoms with Crippen LogP contribution in [0.25, 0.3) is 0 Å². The number of benzene rings is 2. The Hall–Kier alpha value is -2.36. The van der Waals surface area contributed by atoms with E-state index in [0.29, 0.717) is 0 Å². The molecule has 0 radical (unpaired) electrons. The maximum Gasteiger partial charge on any atom is 0.0877 e. The van der Waals surface area contributed by atoms with Crippen molar-refractivity contribution in [2.24, 2.45) is 10.2 Å². The fraction of sp³-hybridized carbons (Fsp3) is 0.143. The first kappa shape index (κ1) is 12.1. The number of anilines is 2. The summed E-state index contributed by atoms with van der Waals surface area (Å²) in [6.07, 6.45) is 0. The minimum absolute atomic E-state index is 0.717. The van der Waals surface area contributed by atoms with E-state index in [9.17, 15) is 0 Å². The molecule has 0 saturated heterocycles. The summed E-state index contributed by atoms with van der Waals surface area (Å²) in [5, 5.41) is 8.28. The molecular weight excluding hydrogens is 224 g/mol. The van der Waals surface area contributed by atoms with Crippen molar-refractivity contribution in [2.45, 2.75) is 13.8 Å². The van der Waals surface area contributed by atoms with Gasteiger partial charge in [-0.15, -0.1) is 0 Å². The molecule has 0 aliphatic rings. The molecule has 0 spiro atoms. The summed E-state index contributed by atoms with van der Waals surface area (Å²) >= 11 is 0. The second kappa shape index (κ2) is 4.87. The Morgan fingerprint density at radius 1 is 0.722 bits per heavy atom. The molecule has 0 aliphatic heterocycles. The minimum atomic E-state index is 0.717. The van der Waals surface area contributed by atoms with Crippen LogP contribution in [0, 0.1) is 13.8 Å². The molecule has 4 N–H and O–H groups in total. The lowest BCUT2D eigenvalue weighted by Gasteiger charge is -2.01. The second-order valence-corrected chi connectivity index (χ2v) is 4.28. The highest BCUT2D eigenvalue weighted by molar-refractivity contribution is 5.57. The number of nitrogen functional groups attached to an aromatic ring is 2. The Balaban J connectivity index is 2.24. The quantitative estimate of drug-likeness (QED) is 0.617. The zero-order valence-corrected chi connectivity index (χ0v) is 10.5. The molecule has 0 bridgehead atoms. The van der Waals surface area contributed by atoms with E-state index in [1.54, 1.807) is 12.1 Å². The van der Waals surface area contributed by atoms with E-state index in [1.165, 1.54) is 0 Å². The van der Waals surface area contributed by atoms with Crippen molar-refractivity contribution in [2.75, 3.05) is 11.5 Å². The van der Waals surface area contributed by atoms with E-state index >= 15 is 0 Å². The highest BCUT2D eigenvalue weighted by atomic mass is 15.1. The van der Waals surface area contributed by atoms with Crippen LogP contribution < -0.4 is 11.5 Å². The van der Waals surface area contributed by atoms with Gasteiger partial charge in [0.2, 0.25) is 0 Å². The molecular formula is C14H16N4. The van der Waals surface area contributed by atoms with E-state index < -0.39 is 0 Å².